The van der Waals surface area contributed by atoms with Gasteiger partial charge in [-0.25, -0.2) is 9.07 Å². The van der Waals surface area contributed by atoms with E-state index in [0.717, 1.165) is 6.42 Å². The second-order valence-electron chi connectivity index (χ2n) is 4.07. The van der Waals surface area contributed by atoms with Crippen LogP contribution < -0.4 is 0 Å². The van der Waals surface area contributed by atoms with Crippen LogP contribution in [0.3, 0.4) is 0 Å². The van der Waals surface area contributed by atoms with Crippen molar-refractivity contribution in [1.82, 2.24) is 15.0 Å². The molecule has 0 aliphatic heterocycles. The van der Waals surface area contributed by atoms with E-state index in [2.05, 4.69) is 10.3 Å². The van der Waals surface area contributed by atoms with E-state index in [0.29, 0.717) is 17.8 Å². The van der Waals surface area contributed by atoms with Crippen LogP contribution in [-0.2, 0) is 13.0 Å². The summed E-state index contributed by atoms with van der Waals surface area (Å²) in [6.07, 6.45) is 2.50. The molecular formula is C13H14FN3O. The first-order chi connectivity index (χ1) is 8.70. The highest BCUT2D eigenvalue weighted by atomic mass is 19.1. The van der Waals surface area contributed by atoms with Gasteiger partial charge in [0.15, 0.2) is 5.78 Å². The van der Waals surface area contributed by atoms with Gasteiger partial charge in [0.1, 0.15) is 11.5 Å². The van der Waals surface area contributed by atoms with Gasteiger partial charge in [-0.3, -0.25) is 4.79 Å². The van der Waals surface area contributed by atoms with Crippen LogP contribution in [0.4, 0.5) is 4.39 Å². The van der Waals surface area contributed by atoms with Crippen LogP contribution in [0.2, 0.25) is 0 Å². The van der Waals surface area contributed by atoms with Crippen molar-refractivity contribution >= 4 is 5.78 Å². The number of hydrogen-bond donors (Lipinski definition) is 0. The number of halogens is 1. The monoisotopic (exact) mass is 247 g/mol. The Morgan fingerprint density at radius 3 is 3.00 bits per heavy atom. The Balaban J connectivity index is 2.14. The summed E-state index contributed by atoms with van der Waals surface area (Å²) < 4.78 is 14.6. The lowest BCUT2D eigenvalue weighted by molar-refractivity contribution is 0.0982. The SMILES string of the molecule is CCCn1nncc1C(=O)Cc1cccc(F)c1. The minimum atomic E-state index is -0.333. The summed E-state index contributed by atoms with van der Waals surface area (Å²) in [5, 5.41) is 7.60. The quantitative estimate of drug-likeness (QED) is 0.761. The molecule has 0 bridgehead atoms. The van der Waals surface area contributed by atoms with Gasteiger partial charge in [-0.1, -0.05) is 24.3 Å². The zero-order valence-electron chi connectivity index (χ0n) is 10.1. The van der Waals surface area contributed by atoms with Crippen molar-refractivity contribution in [2.24, 2.45) is 0 Å². The lowest BCUT2D eigenvalue weighted by atomic mass is 10.1. The van der Waals surface area contributed by atoms with Crippen molar-refractivity contribution in [3.05, 3.63) is 47.5 Å². The Hall–Kier alpha value is -2.04. The number of carbonyl (C=O) groups excluding carboxylic acids is 1. The number of Topliss-reactive ketones (excluding diaryl/α,β-unsaturated/α-hetero) is 1. The average Bonchev–Trinajstić information content (AvgIpc) is 2.78. The Morgan fingerprint density at radius 1 is 1.44 bits per heavy atom. The molecule has 1 aromatic carbocycles. The van der Waals surface area contributed by atoms with Gasteiger partial charge in [0.25, 0.3) is 0 Å². The zero-order valence-corrected chi connectivity index (χ0v) is 10.1. The molecule has 5 heteroatoms. The number of aryl methyl sites for hydroxylation is 1. The van der Waals surface area contributed by atoms with Crippen molar-refractivity contribution in [2.45, 2.75) is 26.3 Å². The molecule has 2 rings (SSSR count). The first-order valence-corrected chi connectivity index (χ1v) is 5.87. The molecule has 0 radical (unpaired) electrons. The molecule has 94 valence electrons. The summed E-state index contributed by atoms with van der Waals surface area (Å²) >= 11 is 0. The molecule has 0 aliphatic rings. The molecule has 0 fully saturated rings. The smallest absolute Gasteiger partial charge is 0.186 e. The van der Waals surface area contributed by atoms with E-state index >= 15 is 0 Å². The van der Waals surface area contributed by atoms with E-state index in [4.69, 9.17) is 0 Å². The molecule has 0 atom stereocenters. The van der Waals surface area contributed by atoms with Crippen molar-refractivity contribution in [1.29, 1.82) is 0 Å². The third kappa shape index (κ3) is 2.80. The number of aromatic nitrogens is 3. The summed E-state index contributed by atoms with van der Waals surface area (Å²) in [6, 6.07) is 6.05. The van der Waals surface area contributed by atoms with E-state index in [1.807, 2.05) is 6.92 Å². The molecule has 0 saturated heterocycles. The largest absolute Gasteiger partial charge is 0.292 e. The van der Waals surface area contributed by atoms with E-state index in [1.54, 1.807) is 16.8 Å². The van der Waals surface area contributed by atoms with Gasteiger partial charge in [0.05, 0.1) is 6.20 Å². The Bertz CT molecular complexity index is 551. The molecule has 1 heterocycles. The summed E-state index contributed by atoms with van der Waals surface area (Å²) in [5.41, 5.74) is 1.13. The summed E-state index contributed by atoms with van der Waals surface area (Å²) in [7, 11) is 0. The standard InChI is InChI=1S/C13H14FN3O/c1-2-6-17-12(9-15-16-17)13(18)8-10-4-3-5-11(14)7-10/h3-5,7,9H,2,6,8H2,1H3. The van der Waals surface area contributed by atoms with E-state index in [1.165, 1.54) is 18.3 Å². The summed E-state index contributed by atoms with van der Waals surface area (Å²) in [5.74, 6) is -0.431. The highest BCUT2D eigenvalue weighted by Crippen LogP contribution is 2.09. The molecule has 2 aromatic rings. The molecule has 0 N–H and O–H groups in total. The second kappa shape index (κ2) is 5.53. The Morgan fingerprint density at radius 2 is 2.28 bits per heavy atom. The van der Waals surface area contributed by atoms with E-state index < -0.39 is 0 Å². The lowest BCUT2D eigenvalue weighted by Crippen LogP contribution is -2.12. The van der Waals surface area contributed by atoms with Gasteiger partial charge in [-0.15, -0.1) is 5.10 Å². The lowest BCUT2D eigenvalue weighted by Gasteiger charge is -2.04. The number of rotatable bonds is 5. The average molecular weight is 247 g/mol. The van der Waals surface area contributed by atoms with Crippen LogP contribution in [0.5, 0.6) is 0 Å². The van der Waals surface area contributed by atoms with E-state index in [9.17, 15) is 9.18 Å². The number of hydrogen-bond acceptors (Lipinski definition) is 3. The predicted octanol–water partition coefficient (Wildman–Crippen LogP) is 2.25. The van der Waals surface area contributed by atoms with Crippen molar-refractivity contribution < 1.29 is 9.18 Å². The second-order valence-corrected chi connectivity index (χ2v) is 4.07. The molecule has 0 amide bonds. The number of nitrogens with zero attached hydrogens (tertiary/aromatic N) is 3. The minimum Gasteiger partial charge on any atom is -0.292 e. The molecule has 0 spiro atoms. The van der Waals surface area contributed by atoms with Gasteiger partial charge in [-0.05, 0) is 24.1 Å². The van der Waals surface area contributed by atoms with Crippen molar-refractivity contribution in [2.75, 3.05) is 0 Å². The van der Waals surface area contributed by atoms with Crippen molar-refractivity contribution in [3.8, 4) is 0 Å². The number of benzene rings is 1. The van der Waals surface area contributed by atoms with E-state index in [-0.39, 0.29) is 18.0 Å². The fourth-order valence-corrected chi connectivity index (χ4v) is 1.77. The Kier molecular flexibility index (Phi) is 3.82. The van der Waals surface area contributed by atoms with Gasteiger partial charge in [0.2, 0.25) is 0 Å². The van der Waals surface area contributed by atoms with Gasteiger partial charge in [-0.2, -0.15) is 0 Å². The Labute approximate surface area is 104 Å². The predicted molar refractivity (Wildman–Crippen MR) is 64.7 cm³/mol. The van der Waals surface area contributed by atoms with Gasteiger partial charge < -0.3 is 0 Å². The number of ketones is 1. The highest BCUT2D eigenvalue weighted by molar-refractivity contribution is 5.95. The first kappa shape index (κ1) is 12.4. The molecule has 18 heavy (non-hydrogen) atoms. The third-order valence-corrected chi connectivity index (χ3v) is 2.59. The van der Waals surface area contributed by atoms with Crippen LogP contribution in [0, 0.1) is 5.82 Å². The van der Waals surface area contributed by atoms with Crippen LogP contribution in [-0.4, -0.2) is 20.8 Å². The molecule has 4 nitrogen and oxygen atoms in total. The van der Waals surface area contributed by atoms with Gasteiger partial charge in [0, 0.05) is 13.0 Å². The molecule has 0 unspecified atom stereocenters. The van der Waals surface area contributed by atoms with Crippen LogP contribution >= 0.6 is 0 Å². The normalized spacial score (nSPS) is 10.6. The van der Waals surface area contributed by atoms with Crippen LogP contribution in [0.25, 0.3) is 0 Å². The molecule has 1 aromatic heterocycles. The summed E-state index contributed by atoms with van der Waals surface area (Å²) in [4.78, 5) is 12.1. The van der Waals surface area contributed by atoms with Gasteiger partial charge >= 0.3 is 0 Å². The maximum Gasteiger partial charge on any atom is 0.186 e. The zero-order chi connectivity index (χ0) is 13.0. The molecule has 0 aliphatic carbocycles. The van der Waals surface area contributed by atoms with Crippen LogP contribution in [0.1, 0.15) is 29.4 Å². The maximum absolute atomic E-state index is 13.0. The topological polar surface area (TPSA) is 47.8 Å². The first-order valence-electron chi connectivity index (χ1n) is 5.87. The van der Waals surface area contributed by atoms with Crippen molar-refractivity contribution in [3.63, 3.8) is 0 Å². The fourth-order valence-electron chi connectivity index (χ4n) is 1.77. The maximum atomic E-state index is 13.0. The fraction of sp³-hybridized carbons (Fsp3) is 0.308. The molecule has 0 saturated carbocycles. The number of carbonyl (C=O) groups is 1. The molecular weight excluding hydrogens is 233 g/mol. The third-order valence-electron chi connectivity index (χ3n) is 2.59. The van der Waals surface area contributed by atoms with Crippen LogP contribution in [0.15, 0.2) is 30.5 Å². The highest BCUT2D eigenvalue weighted by Gasteiger charge is 2.13. The minimum absolute atomic E-state index is 0.0981. The summed E-state index contributed by atoms with van der Waals surface area (Å²) in [6.45, 7) is 2.66.